The van der Waals surface area contributed by atoms with Gasteiger partial charge in [0.25, 0.3) is 0 Å². The number of rotatable bonds is 8. The molecule has 1 atom stereocenters. The molecule has 1 saturated heterocycles. The SMILES string of the molecule is CC1CN(CCCCCCNC2CC2)CCN1C. The molecule has 0 aromatic rings. The molecule has 1 unspecified atom stereocenters. The van der Waals surface area contributed by atoms with Gasteiger partial charge in [0, 0.05) is 31.7 Å². The second-order valence-corrected chi connectivity index (χ2v) is 6.27. The van der Waals surface area contributed by atoms with Gasteiger partial charge >= 0.3 is 0 Å². The van der Waals surface area contributed by atoms with Crippen molar-refractivity contribution >= 4 is 0 Å². The summed E-state index contributed by atoms with van der Waals surface area (Å²) < 4.78 is 0. The van der Waals surface area contributed by atoms with Crippen LogP contribution in [0.1, 0.15) is 45.4 Å². The first-order valence-electron chi connectivity index (χ1n) is 7.91. The summed E-state index contributed by atoms with van der Waals surface area (Å²) in [7, 11) is 2.24. The van der Waals surface area contributed by atoms with Crippen LogP contribution in [0, 0.1) is 0 Å². The number of piperazine rings is 1. The maximum atomic E-state index is 3.59. The Morgan fingerprint density at radius 1 is 1.06 bits per heavy atom. The van der Waals surface area contributed by atoms with Gasteiger partial charge in [-0.05, 0) is 52.7 Å². The molecule has 1 saturated carbocycles. The summed E-state index contributed by atoms with van der Waals surface area (Å²) in [5.41, 5.74) is 0. The van der Waals surface area contributed by atoms with Gasteiger partial charge in [-0.2, -0.15) is 0 Å². The number of nitrogens with one attached hydrogen (secondary N) is 1. The number of nitrogens with zero attached hydrogens (tertiary/aromatic N) is 2. The van der Waals surface area contributed by atoms with Crippen LogP contribution in [0.2, 0.25) is 0 Å². The third-order valence-electron chi connectivity index (χ3n) is 4.46. The van der Waals surface area contributed by atoms with Crippen LogP contribution in [0.4, 0.5) is 0 Å². The molecule has 0 amide bonds. The van der Waals surface area contributed by atoms with Gasteiger partial charge in [0.15, 0.2) is 0 Å². The summed E-state index contributed by atoms with van der Waals surface area (Å²) in [4.78, 5) is 5.12. The normalized spacial score (nSPS) is 26.7. The fraction of sp³-hybridized carbons (Fsp3) is 1.00. The van der Waals surface area contributed by atoms with Crippen LogP contribution in [0.5, 0.6) is 0 Å². The van der Waals surface area contributed by atoms with Crippen molar-refractivity contribution in [1.29, 1.82) is 0 Å². The Morgan fingerprint density at radius 2 is 1.83 bits per heavy atom. The first-order valence-corrected chi connectivity index (χ1v) is 7.91. The minimum Gasteiger partial charge on any atom is -0.314 e. The van der Waals surface area contributed by atoms with Crippen molar-refractivity contribution in [2.24, 2.45) is 0 Å². The summed E-state index contributed by atoms with van der Waals surface area (Å²) in [5.74, 6) is 0. The fourth-order valence-corrected chi connectivity index (χ4v) is 2.73. The van der Waals surface area contributed by atoms with Crippen molar-refractivity contribution in [1.82, 2.24) is 15.1 Å². The molecule has 1 aliphatic heterocycles. The third-order valence-corrected chi connectivity index (χ3v) is 4.46. The highest BCUT2D eigenvalue weighted by Gasteiger charge is 2.20. The van der Waals surface area contributed by atoms with Crippen molar-refractivity contribution < 1.29 is 0 Å². The van der Waals surface area contributed by atoms with E-state index in [1.54, 1.807) is 0 Å². The first kappa shape index (κ1) is 14.3. The van der Waals surface area contributed by atoms with Crippen LogP contribution in [-0.2, 0) is 0 Å². The predicted octanol–water partition coefficient (Wildman–Crippen LogP) is 1.93. The first-order chi connectivity index (χ1) is 8.75. The van der Waals surface area contributed by atoms with E-state index < -0.39 is 0 Å². The Balaban J connectivity index is 1.40. The molecule has 0 spiro atoms. The Morgan fingerprint density at radius 3 is 2.56 bits per heavy atom. The standard InChI is InChI=1S/C15H31N3/c1-14-13-18(12-11-17(14)2)10-6-4-3-5-9-16-15-7-8-15/h14-16H,3-13H2,1-2H3. The van der Waals surface area contributed by atoms with Crippen LogP contribution in [0.15, 0.2) is 0 Å². The predicted molar refractivity (Wildman–Crippen MR) is 78.0 cm³/mol. The monoisotopic (exact) mass is 253 g/mol. The summed E-state index contributed by atoms with van der Waals surface area (Å²) in [6.07, 6.45) is 8.41. The Labute approximate surface area is 113 Å². The van der Waals surface area contributed by atoms with E-state index in [0.29, 0.717) is 0 Å². The van der Waals surface area contributed by atoms with E-state index in [9.17, 15) is 0 Å². The topological polar surface area (TPSA) is 18.5 Å². The largest absolute Gasteiger partial charge is 0.314 e. The molecule has 2 rings (SSSR count). The summed E-state index contributed by atoms with van der Waals surface area (Å²) in [5, 5.41) is 3.59. The molecule has 0 aromatic carbocycles. The zero-order chi connectivity index (χ0) is 12.8. The molecule has 3 heteroatoms. The van der Waals surface area contributed by atoms with Crippen molar-refractivity contribution in [2.45, 2.75) is 57.5 Å². The molecule has 0 aromatic heterocycles. The quantitative estimate of drug-likeness (QED) is 0.667. The van der Waals surface area contributed by atoms with Gasteiger partial charge in [0.1, 0.15) is 0 Å². The molecule has 2 aliphatic rings. The average molecular weight is 253 g/mol. The maximum Gasteiger partial charge on any atom is 0.0192 e. The highest BCUT2D eigenvalue weighted by molar-refractivity contribution is 4.80. The average Bonchev–Trinajstić information content (AvgIpc) is 3.16. The zero-order valence-electron chi connectivity index (χ0n) is 12.3. The molecule has 0 radical (unpaired) electrons. The fourth-order valence-electron chi connectivity index (χ4n) is 2.73. The highest BCUT2D eigenvalue weighted by Crippen LogP contribution is 2.18. The van der Waals surface area contributed by atoms with Gasteiger partial charge in [0.05, 0.1) is 0 Å². The Bertz CT molecular complexity index is 228. The van der Waals surface area contributed by atoms with Crippen LogP contribution in [0.3, 0.4) is 0 Å². The zero-order valence-corrected chi connectivity index (χ0v) is 12.3. The molecular formula is C15H31N3. The Hall–Kier alpha value is -0.120. The van der Waals surface area contributed by atoms with Crippen molar-refractivity contribution in [2.75, 3.05) is 39.8 Å². The van der Waals surface area contributed by atoms with Gasteiger partial charge in [-0.1, -0.05) is 12.8 Å². The van der Waals surface area contributed by atoms with E-state index in [1.807, 2.05) is 0 Å². The number of unbranched alkanes of at least 4 members (excludes halogenated alkanes) is 3. The van der Waals surface area contributed by atoms with E-state index in [2.05, 4.69) is 29.1 Å². The van der Waals surface area contributed by atoms with Crippen LogP contribution >= 0.6 is 0 Å². The smallest absolute Gasteiger partial charge is 0.0192 e. The molecular weight excluding hydrogens is 222 g/mol. The van der Waals surface area contributed by atoms with E-state index in [4.69, 9.17) is 0 Å². The lowest BCUT2D eigenvalue weighted by Gasteiger charge is -2.37. The van der Waals surface area contributed by atoms with Gasteiger partial charge in [-0.3, -0.25) is 0 Å². The van der Waals surface area contributed by atoms with Gasteiger partial charge in [-0.25, -0.2) is 0 Å². The van der Waals surface area contributed by atoms with Gasteiger partial charge < -0.3 is 15.1 Å². The molecule has 0 bridgehead atoms. The lowest BCUT2D eigenvalue weighted by Crippen LogP contribution is -2.50. The van der Waals surface area contributed by atoms with Crippen LogP contribution in [0.25, 0.3) is 0 Å². The maximum absolute atomic E-state index is 3.59. The summed E-state index contributed by atoms with van der Waals surface area (Å²) in [6.45, 7) is 8.68. The summed E-state index contributed by atoms with van der Waals surface area (Å²) >= 11 is 0. The van der Waals surface area contributed by atoms with E-state index >= 15 is 0 Å². The van der Waals surface area contributed by atoms with Gasteiger partial charge in [-0.15, -0.1) is 0 Å². The molecule has 1 N–H and O–H groups in total. The van der Waals surface area contributed by atoms with Crippen molar-refractivity contribution in [3.05, 3.63) is 0 Å². The van der Waals surface area contributed by atoms with Crippen molar-refractivity contribution in [3.8, 4) is 0 Å². The number of hydrogen-bond acceptors (Lipinski definition) is 3. The van der Waals surface area contributed by atoms with E-state index in [-0.39, 0.29) is 0 Å². The highest BCUT2D eigenvalue weighted by atomic mass is 15.3. The number of hydrogen-bond donors (Lipinski definition) is 1. The summed E-state index contributed by atoms with van der Waals surface area (Å²) in [6, 6.07) is 1.62. The molecule has 3 nitrogen and oxygen atoms in total. The molecule has 106 valence electrons. The second-order valence-electron chi connectivity index (χ2n) is 6.27. The molecule has 1 aliphatic carbocycles. The Kier molecular flexibility index (Phi) is 5.93. The van der Waals surface area contributed by atoms with Crippen LogP contribution < -0.4 is 5.32 Å². The molecule has 1 heterocycles. The minimum absolute atomic E-state index is 0.737. The van der Waals surface area contributed by atoms with Crippen molar-refractivity contribution in [3.63, 3.8) is 0 Å². The third kappa shape index (κ3) is 5.25. The molecule has 2 fully saturated rings. The minimum atomic E-state index is 0.737. The van der Waals surface area contributed by atoms with E-state index in [1.165, 1.54) is 71.2 Å². The second kappa shape index (κ2) is 7.46. The van der Waals surface area contributed by atoms with E-state index in [0.717, 1.165) is 12.1 Å². The number of likely N-dealkylation sites (N-methyl/N-ethyl adjacent to an activating group) is 1. The lowest BCUT2D eigenvalue weighted by molar-refractivity contribution is 0.104. The van der Waals surface area contributed by atoms with Crippen LogP contribution in [-0.4, -0.2) is 61.7 Å². The lowest BCUT2D eigenvalue weighted by atomic mass is 10.1. The molecule has 18 heavy (non-hydrogen) atoms. The van der Waals surface area contributed by atoms with Gasteiger partial charge in [0.2, 0.25) is 0 Å².